The monoisotopic (exact) mass is 519 g/mol. The molecule has 0 unspecified atom stereocenters. The van der Waals surface area contributed by atoms with E-state index in [0.717, 1.165) is 15.6 Å². The van der Waals surface area contributed by atoms with Crippen molar-refractivity contribution in [2.45, 2.75) is 19.5 Å². The molecule has 37 heavy (non-hydrogen) atoms. The minimum Gasteiger partial charge on any atom is -0.353 e. The van der Waals surface area contributed by atoms with Gasteiger partial charge in [0.15, 0.2) is 5.65 Å². The third kappa shape index (κ3) is 4.51. The minimum absolute atomic E-state index is 0.147. The molecule has 1 saturated heterocycles. The van der Waals surface area contributed by atoms with Gasteiger partial charge in [0, 0.05) is 47.8 Å². The topological polar surface area (TPSA) is 88.0 Å². The number of rotatable bonds is 5. The molecule has 11 heteroatoms. The molecule has 3 aromatic heterocycles. The molecule has 1 atom stereocenters. The zero-order valence-corrected chi connectivity index (χ0v) is 20.7. The van der Waals surface area contributed by atoms with Crippen LogP contribution in [-0.2, 0) is 11.3 Å². The smallest absolute Gasteiger partial charge is 0.239 e. The van der Waals surface area contributed by atoms with Crippen LogP contribution in [0.1, 0.15) is 11.1 Å². The zero-order valence-electron chi connectivity index (χ0n) is 19.9. The van der Waals surface area contributed by atoms with E-state index in [4.69, 9.17) is 0 Å². The predicted molar refractivity (Wildman–Crippen MR) is 139 cm³/mol. The lowest BCUT2D eigenvalue weighted by Crippen LogP contribution is -2.57. The first-order chi connectivity index (χ1) is 18.0. The van der Waals surface area contributed by atoms with E-state index in [1.54, 1.807) is 36.0 Å². The molecular weight excluding hydrogens is 496 g/mol. The molecule has 0 aliphatic carbocycles. The Morgan fingerprint density at radius 3 is 2.92 bits per heavy atom. The molecule has 2 aromatic carbocycles. The number of benzene rings is 2. The Kier molecular flexibility index (Phi) is 6.01. The Balaban J connectivity index is 1.18. The summed E-state index contributed by atoms with van der Waals surface area (Å²) in [5.41, 5.74) is 2.47. The molecule has 1 fully saturated rings. The van der Waals surface area contributed by atoms with E-state index >= 15 is 0 Å². The number of carbonyl (C=O) groups is 1. The molecule has 0 bridgehead atoms. The molecule has 1 amide bonds. The second-order valence-electron chi connectivity index (χ2n) is 9.03. The standard InChI is InChI=1S/C26H23F2N7OS/c1-15-2-4-17(9-20(15)27)35-11-19-24(33-35)31-14-32-25(19)34-7-6-29-22(12-34)26(36)30-10-16-3-5-23-18(8-16)21(28)13-37-23/h2-5,8-9,11,13-14,22,29H,6-7,10,12H2,1H3,(H,30,36)/t22-/m1/s1. The third-order valence-electron chi connectivity index (χ3n) is 6.56. The van der Waals surface area contributed by atoms with Crippen LogP contribution in [0.25, 0.3) is 26.8 Å². The SMILES string of the molecule is Cc1ccc(-n2cc3c(N4CCN[C@@H](C(=O)NCc5ccc6scc(F)c6c5)C4)ncnc3n2)cc1F. The fourth-order valence-electron chi connectivity index (χ4n) is 4.52. The van der Waals surface area contributed by atoms with Crippen molar-refractivity contribution in [3.63, 3.8) is 0 Å². The number of amides is 1. The fraction of sp³-hybridized carbons (Fsp3) is 0.231. The molecule has 8 nitrogen and oxygen atoms in total. The molecule has 4 heterocycles. The summed E-state index contributed by atoms with van der Waals surface area (Å²) in [7, 11) is 0. The molecule has 6 rings (SSSR count). The van der Waals surface area contributed by atoms with Crippen molar-refractivity contribution < 1.29 is 13.6 Å². The van der Waals surface area contributed by atoms with Crippen LogP contribution in [0.15, 0.2) is 54.3 Å². The lowest BCUT2D eigenvalue weighted by Gasteiger charge is -2.33. The zero-order chi connectivity index (χ0) is 25.5. The van der Waals surface area contributed by atoms with E-state index in [2.05, 4.69) is 25.7 Å². The molecule has 0 saturated carbocycles. The van der Waals surface area contributed by atoms with Crippen molar-refractivity contribution in [2.24, 2.45) is 0 Å². The Morgan fingerprint density at radius 1 is 1.16 bits per heavy atom. The number of anilines is 1. The van der Waals surface area contributed by atoms with E-state index in [1.807, 2.05) is 17.0 Å². The maximum Gasteiger partial charge on any atom is 0.239 e. The minimum atomic E-state index is -0.457. The predicted octanol–water partition coefficient (Wildman–Crippen LogP) is 3.71. The summed E-state index contributed by atoms with van der Waals surface area (Å²) in [6.45, 7) is 3.66. The van der Waals surface area contributed by atoms with E-state index in [1.165, 1.54) is 29.1 Å². The van der Waals surface area contributed by atoms with Crippen molar-refractivity contribution in [1.82, 2.24) is 30.4 Å². The number of carbonyl (C=O) groups excluding carboxylic acids is 1. The van der Waals surface area contributed by atoms with Crippen molar-refractivity contribution in [3.8, 4) is 5.69 Å². The van der Waals surface area contributed by atoms with Crippen LogP contribution < -0.4 is 15.5 Å². The fourth-order valence-corrected chi connectivity index (χ4v) is 5.31. The lowest BCUT2D eigenvalue weighted by atomic mass is 10.1. The lowest BCUT2D eigenvalue weighted by molar-refractivity contribution is -0.123. The maximum absolute atomic E-state index is 14.1. The first-order valence-corrected chi connectivity index (χ1v) is 12.7. The molecule has 5 aromatic rings. The molecule has 1 aliphatic heterocycles. The summed E-state index contributed by atoms with van der Waals surface area (Å²) in [6.07, 6.45) is 3.23. The number of halogens is 2. The molecule has 0 radical (unpaired) electrons. The summed E-state index contributed by atoms with van der Waals surface area (Å²) in [5.74, 6) is -0.0299. The van der Waals surface area contributed by atoms with Crippen molar-refractivity contribution >= 4 is 44.2 Å². The van der Waals surface area contributed by atoms with Gasteiger partial charge < -0.3 is 15.5 Å². The number of fused-ring (bicyclic) bond motifs is 2. The largest absolute Gasteiger partial charge is 0.353 e. The van der Waals surface area contributed by atoms with Crippen molar-refractivity contribution in [1.29, 1.82) is 0 Å². The van der Waals surface area contributed by atoms with Gasteiger partial charge in [-0.05, 0) is 42.3 Å². The molecule has 2 N–H and O–H groups in total. The average Bonchev–Trinajstić information content (AvgIpc) is 3.52. The number of thiophene rings is 1. The van der Waals surface area contributed by atoms with Crippen LogP contribution in [0, 0.1) is 18.6 Å². The molecular formula is C26H23F2N7OS. The van der Waals surface area contributed by atoms with Gasteiger partial charge in [0.25, 0.3) is 0 Å². The van der Waals surface area contributed by atoms with Crippen molar-refractivity contribution in [2.75, 3.05) is 24.5 Å². The van der Waals surface area contributed by atoms with Crippen molar-refractivity contribution in [3.05, 3.63) is 77.1 Å². The normalized spacial score (nSPS) is 16.0. The number of aryl methyl sites for hydroxylation is 1. The van der Waals surface area contributed by atoms with E-state index < -0.39 is 6.04 Å². The van der Waals surface area contributed by atoms with Crippen LogP contribution >= 0.6 is 11.3 Å². The summed E-state index contributed by atoms with van der Waals surface area (Å²) >= 11 is 1.36. The van der Waals surface area contributed by atoms with Gasteiger partial charge in [-0.1, -0.05) is 12.1 Å². The second-order valence-corrected chi connectivity index (χ2v) is 9.94. The number of piperazine rings is 1. The first kappa shape index (κ1) is 23.4. The Hall–Kier alpha value is -3.96. The van der Waals surface area contributed by atoms with Crippen LogP contribution in [0.5, 0.6) is 0 Å². The Labute approximate surface area is 214 Å². The van der Waals surface area contributed by atoms with Gasteiger partial charge in [0.2, 0.25) is 5.91 Å². The van der Waals surface area contributed by atoms with Gasteiger partial charge in [-0.3, -0.25) is 4.79 Å². The van der Waals surface area contributed by atoms with Crippen LogP contribution in [0.3, 0.4) is 0 Å². The van der Waals surface area contributed by atoms with Gasteiger partial charge >= 0.3 is 0 Å². The van der Waals surface area contributed by atoms with Gasteiger partial charge in [0.05, 0.1) is 11.1 Å². The average molecular weight is 520 g/mol. The van der Waals surface area contributed by atoms with Gasteiger partial charge in [0.1, 0.15) is 29.8 Å². The highest BCUT2D eigenvalue weighted by molar-refractivity contribution is 7.17. The number of nitrogens with one attached hydrogen (secondary N) is 2. The molecule has 0 spiro atoms. The number of aromatic nitrogens is 4. The first-order valence-electron chi connectivity index (χ1n) is 11.8. The molecule has 188 valence electrons. The molecule has 1 aliphatic rings. The van der Waals surface area contributed by atoms with Gasteiger partial charge in [-0.25, -0.2) is 23.4 Å². The maximum atomic E-state index is 14.1. The van der Waals surface area contributed by atoms with E-state index in [-0.39, 0.29) is 17.5 Å². The highest BCUT2D eigenvalue weighted by Crippen LogP contribution is 2.26. The van der Waals surface area contributed by atoms with Crippen LogP contribution in [-0.4, -0.2) is 51.3 Å². The summed E-state index contributed by atoms with van der Waals surface area (Å²) in [4.78, 5) is 23.8. The van der Waals surface area contributed by atoms with Crippen LogP contribution in [0.4, 0.5) is 14.6 Å². The van der Waals surface area contributed by atoms with Gasteiger partial charge in [-0.2, -0.15) is 0 Å². The highest BCUT2D eigenvalue weighted by Gasteiger charge is 2.27. The summed E-state index contributed by atoms with van der Waals surface area (Å²) < 4.78 is 30.5. The number of hydrogen-bond donors (Lipinski definition) is 2. The quantitative estimate of drug-likeness (QED) is 0.368. The number of hydrogen-bond acceptors (Lipinski definition) is 7. The van der Waals surface area contributed by atoms with Crippen LogP contribution in [0.2, 0.25) is 0 Å². The Bertz CT molecular complexity index is 1630. The van der Waals surface area contributed by atoms with E-state index in [9.17, 15) is 13.6 Å². The van der Waals surface area contributed by atoms with E-state index in [0.29, 0.717) is 54.3 Å². The second kappa shape index (κ2) is 9.49. The number of nitrogens with zero attached hydrogens (tertiary/aromatic N) is 5. The third-order valence-corrected chi connectivity index (χ3v) is 7.50. The highest BCUT2D eigenvalue weighted by atomic mass is 32.1. The summed E-state index contributed by atoms with van der Waals surface area (Å²) in [6, 6.07) is 10.0. The Morgan fingerprint density at radius 2 is 2.05 bits per heavy atom. The summed E-state index contributed by atoms with van der Waals surface area (Å²) in [5, 5.41) is 13.5. The van der Waals surface area contributed by atoms with Gasteiger partial charge in [-0.15, -0.1) is 16.4 Å².